The summed E-state index contributed by atoms with van der Waals surface area (Å²) < 4.78 is 12.7. The molecule has 0 atom stereocenters. The summed E-state index contributed by atoms with van der Waals surface area (Å²) in [5.41, 5.74) is 1.06. The zero-order valence-corrected chi connectivity index (χ0v) is 9.38. The van der Waals surface area contributed by atoms with Crippen molar-refractivity contribution >= 4 is 11.8 Å². The molecular formula is C13H11FOS. The molecule has 0 fully saturated rings. The quantitative estimate of drug-likeness (QED) is 0.815. The average Bonchev–Trinajstić information content (AvgIpc) is 2.28. The molecule has 0 amide bonds. The van der Waals surface area contributed by atoms with Gasteiger partial charge < -0.3 is 5.11 Å². The Kier molecular flexibility index (Phi) is 3.47. The van der Waals surface area contributed by atoms with Crippen molar-refractivity contribution in [3.05, 3.63) is 59.9 Å². The standard InChI is InChI=1S/C13H11FOS/c14-11-6-4-10(5-7-11)9-16-13-3-1-2-12(15)8-13/h1-8,15H,9H2. The molecule has 0 radical (unpaired) electrons. The van der Waals surface area contributed by atoms with Crippen molar-refractivity contribution in [2.75, 3.05) is 0 Å². The van der Waals surface area contributed by atoms with Gasteiger partial charge in [-0.05, 0) is 35.9 Å². The van der Waals surface area contributed by atoms with Gasteiger partial charge in [0.1, 0.15) is 11.6 Å². The molecule has 16 heavy (non-hydrogen) atoms. The van der Waals surface area contributed by atoms with Gasteiger partial charge in [0.2, 0.25) is 0 Å². The number of hydrogen-bond donors (Lipinski definition) is 1. The summed E-state index contributed by atoms with van der Waals surface area (Å²) in [6, 6.07) is 13.6. The minimum absolute atomic E-state index is 0.217. The van der Waals surface area contributed by atoms with Crippen molar-refractivity contribution in [1.82, 2.24) is 0 Å². The fraction of sp³-hybridized carbons (Fsp3) is 0.0769. The SMILES string of the molecule is Oc1cccc(SCc2ccc(F)cc2)c1. The third kappa shape index (κ3) is 3.00. The fourth-order valence-corrected chi connectivity index (χ4v) is 2.23. The highest BCUT2D eigenvalue weighted by Crippen LogP contribution is 2.25. The molecule has 0 aliphatic heterocycles. The second kappa shape index (κ2) is 5.03. The van der Waals surface area contributed by atoms with Crippen LogP contribution in [0.4, 0.5) is 4.39 Å². The van der Waals surface area contributed by atoms with E-state index >= 15 is 0 Å². The number of phenolic OH excluding ortho intramolecular Hbond substituents is 1. The van der Waals surface area contributed by atoms with Crippen LogP contribution in [0.2, 0.25) is 0 Å². The third-order valence-electron chi connectivity index (χ3n) is 2.14. The Morgan fingerprint density at radius 3 is 2.50 bits per heavy atom. The Morgan fingerprint density at radius 1 is 1.06 bits per heavy atom. The molecule has 2 aromatic carbocycles. The Balaban J connectivity index is 1.99. The van der Waals surface area contributed by atoms with Crippen molar-refractivity contribution in [2.45, 2.75) is 10.6 Å². The minimum atomic E-state index is -0.217. The lowest BCUT2D eigenvalue weighted by Crippen LogP contribution is -1.81. The molecule has 2 aromatic rings. The van der Waals surface area contributed by atoms with Gasteiger partial charge in [0, 0.05) is 10.6 Å². The predicted octanol–water partition coefficient (Wildman–Crippen LogP) is 3.82. The first-order valence-electron chi connectivity index (χ1n) is 4.90. The summed E-state index contributed by atoms with van der Waals surface area (Å²) in [6.07, 6.45) is 0. The highest BCUT2D eigenvalue weighted by molar-refractivity contribution is 7.98. The van der Waals surface area contributed by atoms with Crippen LogP contribution in [0.3, 0.4) is 0 Å². The monoisotopic (exact) mass is 234 g/mol. The highest BCUT2D eigenvalue weighted by Gasteiger charge is 1.98. The summed E-state index contributed by atoms with van der Waals surface area (Å²) in [5, 5.41) is 9.28. The number of thioether (sulfide) groups is 1. The summed E-state index contributed by atoms with van der Waals surface area (Å²) >= 11 is 1.61. The van der Waals surface area contributed by atoms with Crippen LogP contribution in [-0.2, 0) is 5.75 Å². The summed E-state index contributed by atoms with van der Waals surface area (Å²) in [6.45, 7) is 0. The number of rotatable bonds is 3. The Hall–Kier alpha value is -1.48. The molecule has 0 saturated carbocycles. The zero-order valence-electron chi connectivity index (χ0n) is 8.56. The molecule has 2 rings (SSSR count). The van der Waals surface area contributed by atoms with Crippen LogP contribution in [0.5, 0.6) is 5.75 Å². The molecule has 0 aliphatic rings. The van der Waals surface area contributed by atoms with Gasteiger partial charge in [0.15, 0.2) is 0 Å². The third-order valence-corrected chi connectivity index (χ3v) is 3.20. The van der Waals surface area contributed by atoms with E-state index in [2.05, 4.69) is 0 Å². The number of benzene rings is 2. The maximum absolute atomic E-state index is 12.7. The van der Waals surface area contributed by atoms with E-state index in [-0.39, 0.29) is 11.6 Å². The van der Waals surface area contributed by atoms with Crippen LogP contribution in [0.25, 0.3) is 0 Å². The van der Waals surface area contributed by atoms with Gasteiger partial charge in [-0.15, -0.1) is 11.8 Å². The van der Waals surface area contributed by atoms with E-state index < -0.39 is 0 Å². The molecule has 0 bridgehead atoms. The van der Waals surface area contributed by atoms with Gasteiger partial charge in [-0.25, -0.2) is 4.39 Å². The first-order valence-corrected chi connectivity index (χ1v) is 5.89. The molecule has 1 N–H and O–H groups in total. The lowest BCUT2D eigenvalue weighted by atomic mass is 10.2. The first kappa shape index (κ1) is 11.0. The predicted molar refractivity (Wildman–Crippen MR) is 64.1 cm³/mol. The molecule has 0 heterocycles. The van der Waals surface area contributed by atoms with Crippen LogP contribution in [0, 0.1) is 5.82 Å². The van der Waals surface area contributed by atoms with E-state index in [4.69, 9.17) is 0 Å². The molecular weight excluding hydrogens is 223 g/mol. The van der Waals surface area contributed by atoms with Crippen LogP contribution < -0.4 is 0 Å². The Morgan fingerprint density at radius 2 is 1.81 bits per heavy atom. The smallest absolute Gasteiger partial charge is 0.123 e. The number of hydrogen-bond acceptors (Lipinski definition) is 2. The van der Waals surface area contributed by atoms with Crippen molar-refractivity contribution in [3.63, 3.8) is 0 Å². The van der Waals surface area contributed by atoms with Crippen LogP contribution in [0.1, 0.15) is 5.56 Å². The molecule has 0 unspecified atom stereocenters. The molecule has 0 aromatic heterocycles. The van der Waals surface area contributed by atoms with Crippen molar-refractivity contribution in [2.24, 2.45) is 0 Å². The zero-order chi connectivity index (χ0) is 11.4. The Labute approximate surface area is 97.9 Å². The largest absolute Gasteiger partial charge is 0.508 e. The molecule has 3 heteroatoms. The maximum atomic E-state index is 12.7. The lowest BCUT2D eigenvalue weighted by Gasteiger charge is -2.02. The van der Waals surface area contributed by atoms with Gasteiger partial charge >= 0.3 is 0 Å². The van der Waals surface area contributed by atoms with Crippen LogP contribution >= 0.6 is 11.8 Å². The van der Waals surface area contributed by atoms with E-state index in [1.165, 1.54) is 12.1 Å². The summed E-state index contributed by atoms with van der Waals surface area (Å²) in [7, 11) is 0. The molecule has 1 nitrogen and oxygen atoms in total. The summed E-state index contributed by atoms with van der Waals surface area (Å²) in [4.78, 5) is 1.00. The van der Waals surface area contributed by atoms with Crippen molar-refractivity contribution < 1.29 is 9.50 Å². The van der Waals surface area contributed by atoms with Gasteiger partial charge in [0.05, 0.1) is 0 Å². The highest BCUT2D eigenvalue weighted by atomic mass is 32.2. The fourth-order valence-electron chi connectivity index (χ4n) is 1.32. The maximum Gasteiger partial charge on any atom is 0.123 e. The number of halogens is 1. The van der Waals surface area contributed by atoms with Crippen molar-refractivity contribution in [1.29, 1.82) is 0 Å². The second-order valence-electron chi connectivity index (χ2n) is 3.41. The van der Waals surface area contributed by atoms with Crippen LogP contribution in [0.15, 0.2) is 53.4 Å². The van der Waals surface area contributed by atoms with Gasteiger partial charge in [-0.2, -0.15) is 0 Å². The Bertz CT molecular complexity index is 468. The average molecular weight is 234 g/mol. The number of phenols is 1. The second-order valence-corrected chi connectivity index (χ2v) is 4.46. The topological polar surface area (TPSA) is 20.2 Å². The lowest BCUT2D eigenvalue weighted by molar-refractivity contribution is 0.474. The van der Waals surface area contributed by atoms with Gasteiger partial charge in [-0.3, -0.25) is 0 Å². The molecule has 82 valence electrons. The normalized spacial score (nSPS) is 10.3. The van der Waals surface area contributed by atoms with E-state index in [1.54, 1.807) is 36.0 Å². The van der Waals surface area contributed by atoms with E-state index in [0.717, 1.165) is 16.2 Å². The molecule has 0 spiro atoms. The first-order chi connectivity index (χ1) is 7.74. The summed E-state index contributed by atoms with van der Waals surface area (Å²) in [5.74, 6) is 0.819. The number of aromatic hydroxyl groups is 1. The molecule has 0 aliphatic carbocycles. The van der Waals surface area contributed by atoms with Crippen LogP contribution in [-0.4, -0.2) is 5.11 Å². The molecule has 0 saturated heterocycles. The van der Waals surface area contributed by atoms with Gasteiger partial charge in [-0.1, -0.05) is 18.2 Å². The van der Waals surface area contributed by atoms with Gasteiger partial charge in [0.25, 0.3) is 0 Å². The van der Waals surface area contributed by atoms with E-state index in [0.29, 0.717) is 0 Å². The van der Waals surface area contributed by atoms with E-state index in [1.807, 2.05) is 12.1 Å². The van der Waals surface area contributed by atoms with Crippen molar-refractivity contribution in [3.8, 4) is 5.75 Å². The van der Waals surface area contributed by atoms with E-state index in [9.17, 15) is 9.50 Å². The minimum Gasteiger partial charge on any atom is -0.508 e.